The van der Waals surface area contributed by atoms with E-state index in [0.29, 0.717) is 22.8 Å². The van der Waals surface area contributed by atoms with E-state index in [9.17, 15) is 10.4 Å². The Hall–Kier alpha value is -3.37. The maximum Gasteiger partial charge on any atom is 0.144 e. The second-order valence-electron chi connectivity index (χ2n) is 7.45. The summed E-state index contributed by atoms with van der Waals surface area (Å²) < 4.78 is 6.22. The molecule has 1 heterocycles. The Balaban J connectivity index is 1.69. The predicted molar refractivity (Wildman–Crippen MR) is 112 cm³/mol. The number of hydrogen-bond acceptors (Lipinski definition) is 7. The van der Waals surface area contributed by atoms with E-state index in [2.05, 4.69) is 21.4 Å². The van der Waals surface area contributed by atoms with E-state index in [1.54, 1.807) is 12.1 Å². The topological polar surface area (TPSA) is 117 Å². The van der Waals surface area contributed by atoms with Gasteiger partial charge in [-0.25, -0.2) is 9.97 Å². The number of nitrogens with one attached hydrogen (secondary N) is 1. The highest BCUT2D eigenvalue weighted by molar-refractivity contribution is 5.95. The first-order chi connectivity index (χ1) is 14.0. The third-order valence-electron chi connectivity index (χ3n) is 5.26. The number of aliphatic hydroxyl groups is 1. The summed E-state index contributed by atoms with van der Waals surface area (Å²) in [6.07, 6.45) is 4.27. The molecule has 0 unspecified atom stereocenters. The normalized spacial score (nSPS) is 18.9. The van der Waals surface area contributed by atoms with Crippen molar-refractivity contribution in [1.82, 2.24) is 9.97 Å². The lowest BCUT2D eigenvalue weighted by Crippen LogP contribution is -2.26. The van der Waals surface area contributed by atoms with Crippen LogP contribution in [0.1, 0.15) is 36.8 Å². The van der Waals surface area contributed by atoms with Crippen molar-refractivity contribution in [2.75, 3.05) is 11.1 Å². The van der Waals surface area contributed by atoms with Crippen LogP contribution < -0.4 is 15.8 Å². The number of nitrogens with zero attached hydrogens (tertiary/aromatic N) is 3. The predicted octanol–water partition coefficient (Wildman–Crippen LogP) is 3.82. The van der Waals surface area contributed by atoms with Crippen LogP contribution >= 0.6 is 0 Å². The first-order valence-corrected chi connectivity index (χ1v) is 9.70. The Kier molecular flexibility index (Phi) is 5.19. The average molecular weight is 389 g/mol. The number of aryl methyl sites for hydroxylation is 1. The van der Waals surface area contributed by atoms with Crippen LogP contribution in [0.5, 0.6) is 5.75 Å². The number of nitrogen functional groups attached to an aromatic ring is 1. The van der Waals surface area contributed by atoms with E-state index in [-0.39, 0.29) is 12.2 Å². The molecule has 3 aromatic rings. The van der Waals surface area contributed by atoms with Crippen molar-refractivity contribution in [2.45, 2.75) is 44.8 Å². The second kappa shape index (κ2) is 7.94. The third-order valence-corrected chi connectivity index (χ3v) is 5.26. The summed E-state index contributed by atoms with van der Waals surface area (Å²) in [7, 11) is 0. The number of anilines is 3. The minimum absolute atomic E-state index is 0.0107. The van der Waals surface area contributed by atoms with Gasteiger partial charge < -0.3 is 20.9 Å². The van der Waals surface area contributed by atoms with Crippen LogP contribution in [0.3, 0.4) is 0 Å². The van der Waals surface area contributed by atoms with Gasteiger partial charge in [0.25, 0.3) is 0 Å². The molecule has 0 spiro atoms. The molecule has 2 aromatic carbocycles. The quantitative estimate of drug-likeness (QED) is 0.581. The van der Waals surface area contributed by atoms with Gasteiger partial charge in [0.2, 0.25) is 0 Å². The van der Waals surface area contributed by atoms with Crippen LogP contribution in [0.2, 0.25) is 0 Å². The van der Waals surface area contributed by atoms with Crippen molar-refractivity contribution in [3.8, 4) is 11.8 Å². The molecule has 4 rings (SSSR count). The molecule has 29 heavy (non-hydrogen) atoms. The van der Waals surface area contributed by atoms with E-state index < -0.39 is 0 Å². The summed E-state index contributed by atoms with van der Waals surface area (Å²) in [5.74, 6) is 1.26. The molecule has 0 aliphatic heterocycles. The van der Waals surface area contributed by atoms with Crippen molar-refractivity contribution < 1.29 is 9.84 Å². The number of benzene rings is 2. The van der Waals surface area contributed by atoms with Gasteiger partial charge in [-0.05, 0) is 62.4 Å². The van der Waals surface area contributed by atoms with Gasteiger partial charge in [-0.2, -0.15) is 5.26 Å². The highest BCUT2D eigenvalue weighted by Gasteiger charge is 2.22. The molecule has 7 nitrogen and oxygen atoms in total. The van der Waals surface area contributed by atoms with Gasteiger partial charge >= 0.3 is 0 Å². The average Bonchev–Trinajstić information content (AvgIpc) is 2.70. The maximum atomic E-state index is 9.74. The van der Waals surface area contributed by atoms with E-state index in [0.717, 1.165) is 47.8 Å². The summed E-state index contributed by atoms with van der Waals surface area (Å²) >= 11 is 0. The smallest absolute Gasteiger partial charge is 0.144 e. The molecule has 0 bridgehead atoms. The van der Waals surface area contributed by atoms with Gasteiger partial charge in [0.05, 0.1) is 35.0 Å². The SMILES string of the molecule is Cc1cc(N)cc2ncnc(Nc3ccc(C#N)cc3OC3CCC(O)CC3)c12. The molecule has 1 aliphatic rings. The molecule has 0 amide bonds. The summed E-state index contributed by atoms with van der Waals surface area (Å²) in [6, 6.07) is 11.2. The number of rotatable bonds is 4. The molecular formula is C22H23N5O2. The number of hydrogen-bond donors (Lipinski definition) is 3. The van der Waals surface area contributed by atoms with Crippen molar-refractivity contribution in [1.29, 1.82) is 5.26 Å². The first-order valence-electron chi connectivity index (χ1n) is 9.70. The Morgan fingerprint density at radius 3 is 2.72 bits per heavy atom. The minimum atomic E-state index is -0.249. The van der Waals surface area contributed by atoms with Crippen molar-refractivity contribution in [2.24, 2.45) is 0 Å². The number of nitriles is 1. The van der Waals surface area contributed by atoms with Gasteiger partial charge in [0.15, 0.2) is 0 Å². The molecule has 0 atom stereocenters. The zero-order valence-electron chi connectivity index (χ0n) is 16.2. The zero-order valence-corrected chi connectivity index (χ0v) is 16.2. The Morgan fingerprint density at radius 2 is 1.97 bits per heavy atom. The van der Waals surface area contributed by atoms with Crippen LogP contribution in [0.4, 0.5) is 17.2 Å². The Bertz CT molecular complexity index is 1080. The summed E-state index contributed by atoms with van der Waals surface area (Å²) in [5.41, 5.74) is 9.59. The number of ether oxygens (including phenoxy) is 1. The number of fused-ring (bicyclic) bond motifs is 1. The minimum Gasteiger partial charge on any atom is -0.488 e. The van der Waals surface area contributed by atoms with Crippen molar-refractivity contribution >= 4 is 28.1 Å². The number of aliphatic hydroxyl groups excluding tert-OH is 1. The maximum absolute atomic E-state index is 9.74. The van der Waals surface area contributed by atoms with Crippen LogP contribution in [0.25, 0.3) is 10.9 Å². The Labute approximate surface area is 169 Å². The molecule has 1 aromatic heterocycles. The molecule has 0 saturated heterocycles. The van der Waals surface area contributed by atoms with Crippen LogP contribution in [0, 0.1) is 18.3 Å². The van der Waals surface area contributed by atoms with E-state index in [4.69, 9.17) is 10.5 Å². The highest BCUT2D eigenvalue weighted by Crippen LogP contribution is 2.34. The third kappa shape index (κ3) is 4.08. The zero-order chi connectivity index (χ0) is 20.4. The second-order valence-corrected chi connectivity index (χ2v) is 7.45. The first kappa shape index (κ1) is 19.0. The summed E-state index contributed by atoms with van der Waals surface area (Å²) in [5, 5.41) is 23.3. The monoisotopic (exact) mass is 389 g/mol. The fraction of sp³-hybridized carbons (Fsp3) is 0.318. The summed E-state index contributed by atoms with van der Waals surface area (Å²) in [6.45, 7) is 1.97. The van der Waals surface area contributed by atoms with Gasteiger partial charge in [-0.1, -0.05) is 0 Å². The lowest BCUT2D eigenvalue weighted by Gasteiger charge is -2.27. The molecule has 148 valence electrons. The fourth-order valence-corrected chi connectivity index (χ4v) is 3.78. The molecule has 0 radical (unpaired) electrons. The number of aromatic nitrogens is 2. The van der Waals surface area contributed by atoms with E-state index in [1.165, 1.54) is 6.33 Å². The Morgan fingerprint density at radius 1 is 1.17 bits per heavy atom. The standard InChI is InChI=1S/C22H23N5O2/c1-13-8-15(24)10-19-21(13)22(26-12-25-19)27-18-7-2-14(11-23)9-20(18)29-17-5-3-16(28)4-6-17/h2,7-10,12,16-17,28H,3-6,24H2,1H3,(H,25,26,27). The summed E-state index contributed by atoms with van der Waals surface area (Å²) in [4.78, 5) is 8.74. The molecular weight excluding hydrogens is 366 g/mol. The highest BCUT2D eigenvalue weighted by atomic mass is 16.5. The number of nitrogens with two attached hydrogens (primary N) is 1. The van der Waals surface area contributed by atoms with Gasteiger partial charge in [0.1, 0.15) is 17.9 Å². The lowest BCUT2D eigenvalue weighted by molar-refractivity contribution is 0.0669. The van der Waals surface area contributed by atoms with Gasteiger partial charge in [0, 0.05) is 17.1 Å². The van der Waals surface area contributed by atoms with Crippen molar-refractivity contribution in [3.63, 3.8) is 0 Å². The molecule has 1 aliphatic carbocycles. The molecule has 7 heteroatoms. The largest absolute Gasteiger partial charge is 0.488 e. The lowest BCUT2D eigenvalue weighted by atomic mass is 9.95. The fourth-order valence-electron chi connectivity index (χ4n) is 3.78. The van der Waals surface area contributed by atoms with Gasteiger partial charge in [-0.15, -0.1) is 0 Å². The van der Waals surface area contributed by atoms with E-state index >= 15 is 0 Å². The molecule has 1 saturated carbocycles. The van der Waals surface area contributed by atoms with Crippen LogP contribution in [-0.4, -0.2) is 27.3 Å². The molecule has 4 N–H and O–H groups in total. The molecule has 1 fully saturated rings. The van der Waals surface area contributed by atoms with Crippen LogP contribution in [-0.2, 0) is 0 Å². The van der Waals surface area contributed by atoms with Crippen molar-refractivity contribution in [3.05, 3.63) is 47.8 Å². The van der Waals surface area contributed by atoms with E-state index in [1.807, 2.05) is 25.1 Å². The van der Waals surface area contributed by atoms with Crippen LogP contribution in [0.15, 0.2) is 36.7 Å². The van der Waals surface area contributed by atoms with Gasteiger partial charge in [-0.3, -0.25) is 0 Å².